The second kappa shape index (κ2) is 6.89. The molecule has 0 saturated carbocycles. The van der Waals surface area contributed by atoms with Crippen LogP contribution in [-0.2, 0) is 0 Å². The number of hydrogen-bond acceptors (Lipinski definition) is 2. The van der Waals surface area contributed by atoms with Gasteiger partial charge in [-0.05, 0) is 42.3 Å². The fraction of sp³-hybridized carbons (Fsp3) is 0.0870. The monoisotopic (exact) mass is 340 g/mol. The van der Waals surface area contributed by atoms with Crippen LogP contribution in [-0.4, -0.2) is 18.3 Å². The molecule has 1 heterocycles. The van der Waals surface area contributed by atoms with Crippen LogP contribution in [0.15, 0.2) is 77.8 Å². The van der Waals surface area contributed by atoms with Gasteiger partial charge >= 0.3 is 0 Å². The third kappa shape index (κ3) is 3.00. The Balaban J connectivity index is 1.91. The molecule has 0 saturated heterocycles. The molecule has 3 aromatic carbocycles. The Bertz CT molecular complexity index is 1080. The largest absolute Gasteiger partial charge is 0.497 e. The number of benzene rings is 3. The van der Waals surface area contributed by atoms with Crippen molar-refractivity contribution in [2.24, 2.45) is 4.99 Å². The van der Waals surface area contributed by atoms with Crippen LogP contribution in [0.25, 0.3) is 22.2 Å². The number of aromatic nitrogens is 1. The summed E-state index contributed by atoms with van der Waals surface area (Å²) >= 11 is 0. The molecule has 0 amide bonds. The Hall–Kier alpha value is -3.33. The lowest BCUT2D eigenvalue weighted by atomic mass is 10.1. The molecule has 0 fully saturated rings. The van der Waals surface area contributed by atoms with Crippen LogP contribution in [0, 0.1) is 6.92 Å². The van der Waals surface area contributed by atoms with Crippen molar-refractivity contribution in [2.45, 2.75) is 6.92 Å². The highest BCUT2D eigenvalue weighted by Crippen LogP contribution is 2.32. The third-order valence-electron chi connectivity index (χ3n) is 4.56. The summed E-state index contributed by atoms with van der Waals surface area (Å²) in [5.41, 5.74) is 6.45. The van der Waals surface area contributed by atoms with Crippen LogP contribution in [0.4, 0.5) is 5.69 Å². The van der Waals surface area contributed by atoms with E-state index in [4.69, 9.17) is 9.73 Å². The summed E-state index contributed by atoms with van der Waals surface area (Å²) in [7, 11) is 1.69. The number of aryl methyl sites for hydroxylation is 1. The molecule has 128 valence electrons. The smallest absolute Gasteiger partial charge is 0.119 e. The number of para-hydroxylation sites is 1. The maximum absolute atomic E-state index is 5.42. The highest BCUT2D eigenvalue weighted by molar-refractivity contribution is 6.06. The lowest BCUT2D eigenvalue weighted by Gasteiger charge is -2.02. The number of rotatable bonds is 4. The number of methoxy groups -OCH3 is 1. The quantitative estimate of drug-likeness (QED) is 0.461. The zero-order valence-corrected chi connectivity index (χ0v) is 14.9. The molecular weight excluding hydrogens is 320 g/mol. The van der Waals surface area contributed by atoms with Gasteiger partial charge in [0.25, 0.3) is 0 Å². The average Bonchev–Trinajstić information content (AvgIpc) is 3.05. The van der Waals surface area contributed by atoms with E-state index in [1.807, 2.05) is 54.7 Å². The summed E-state index contributed by atoms with van der Waals surface area (Å²) in [6.45, 7) is 2.07. The van der Waals surface area contributed by atoms with E-state index in [0.29, 0.717) is 0 Å². The van der Waals surface area contributed by atoms with Gasteiger partial charge in [-0.3, -0.25) is 4.99 Å². The number of fused-ring (bicyclic) bond motifs is 1. The lowest BCUT2D eigenvalue weighted by molar-refractivity contribution is 0.415. The van der Waals surface area contributed by atoms with Gasteiger partial charge in [-0.2, -0.15) is 0 Å². The maximum Gasteiger partial charge on any atom is 0.119 e. The molecule has 4 aromatic rings. The number of hydrogen-bond donors (Lipinski definition) is 1. The molecule has 0 spiro atoms. The van der Waals surface area contributed by atoms with Crippen molar-refractivity contribution in [1.82, 2.24) is 4.98 Å². The van der Waals surface area contributed by atoms with Crippen molar-refractivity contribution < 1.29 is 4.74 Å². The first-order valence-corrected chi connectivity index (χ1v) is 8.61. The predicted molar refractivity (Wildman–Crippen MR) is 109 cm³/mol. The first kappa shape index (κ1) is 16.2. The van der Waals surface area contributed by atoms with Crippen LogP contribution in [0.2, 0.25) is 0 Å². The van der Waals surface area contributed by atoms with Gasteiger partial charge in [-0.15, -0.1) is 0 Å². The van der Waals surface area contributed by atoms with Crippen molar-refractivity contribution >= 4 is 22.8 Å². The minimum atomic E-state index is 0.835. The van der Waals surface area contributed by atoms with Crippen LogP contribution in [0.1, 0.15) is 11.1 Å². The molecule has 0 aliphatic carbocycles. The van der Waals surface area contributed by atoms with E-state index in [-0.39, 0.29) is 0 Å². The van der Waals surface area contributed by atoms with Crippen molar-refractivity contribution in [3.8, 4) is 17.0 Å². The molecule has 0 unspecified atom stereocenters. The first-order chi connectivity index (χ1) is 12.8. The molecule has 0 aliphatic heterocycles. The number of aliphatic imine (C=N–C) groups is 1. The van der Waals surface area contributed by atoms with Crippen molar-refractivity contribution in [3.63, 3.8) is 0 Å². The molecular formula is C23H20N2O. The number of aromatic amines is 1. The van der Waals surface area contributed by atoms with Crippen LogP contribution in [0.5, 0.6) is 5.75 Å². The molecule has 3 heteroatoms. The Morgan fingerprint density at radius 1 is 0.923 bits per heavy atom. The number of nitrogens with zero attached hydrogens (tertiary/aromatic N) is 1. The van der Waals surface area contributed by atoms with E-state index in [0.717, 1.165) is 44.7 Å². The number of nitrogens with one attached hydrogen (secondary N) is 1. The van der Waals surface area contributed by atoms with Gasteiger partial charge in [0.15, 0.2) is 0 Å². The predicted octanol–water partition coefficient (Wildman–Crippen LogP) is 5.90. The van der Waals surface area contributed by atoms with E-state index in [9.17, 15) is 0 Å². The summed E-state index contributed by atoms with van der Waals surface area (Å²) in [6.07, 6.45) is 1.95. The molecule has 4 rings (SSSR count). The Morgan fingerprint density at radius 2 is 1.69 bits per heavy atom. The van der Waals surface area contributed by atoms with Crippen LogP contribution < -0.4 is 4.74 Å². The van der Waals surface area contributed by atoms with Crippen LogP contribution in [0.3, 0.4) is 0 Å². The SMILES string of the molecule is COc1ccc2[nH]c(-c3ccccc3)c(C=Nc3ccccc3C)c2c1. The van der Waals surface area contributed by atoms with Crippen molar-refractivity contribution in [3.05, 3.63) is 83.9 Å². The molecule has 1 N–H and O–H groups in total. The fourth-order valence-corrected chi connectivity index (χ4v) is 3.13. The van der Waals surface area contributed by atoms with Crippen LogP contribution >= 0.6 is 0 Å². The summed E-state index contributed by atoms with van der Waals surface area (Å²) in [5.74, 6) is 0.835. The fourth-order valence-electron chi connectivity index (χ4n) is 3.13. The van der Waals surface area contributed by atoms with E-state index in [2.05, 4.69) is 36.2 Å². The summed E-state index contributed by atoms with van der Waals surface area (Å²) in [6, 6.07) is 24.5. The summed E-state index contributed by atoms with van der Waals surface area (Å²) in [4.78, 5) is 8.29. The second-order valence-corrected chi connectivity index (χ2v) is 6.24. The minimum Gasteiger partial charge on any atom is -0.497 e. The molecule has 0 aliphatic rings. The van der Waals surface area contributed by atoms with Gasteiger partial charge in [0.2, 0.25) is 0 Å². The van der Waals surface area contributed by atoms with E-state index in [1.165, 1.54) is 0 Å². The highest BCUT2D eigenvalue weighted by Gasteiger charge is 2.12. The van der Waals surface area contributed by atoms with Gasteiger partial charge in [0, 0.05) is 22.7 Å². The van der Waals surface area contributed by atoms with Crippen molar-refractivity contribution in [2.75, 3.05) is 7.11 Å². The van der Waals surface area contributed by atoms with Gasteiger partial charge in [0.05, 0.1) is 18.5 Å². The average molecular weight is 340 g/mol. The highest BCUT2D eigenvalue weighted by atomic mass is 16.5. The Kier molecular flexibility index (Phi) is 4.28. The Morgan fingerprint density at radius 3 is 2.46 bits per heavy atom. The molecule has 0 radical (unpaired) electrons. The number of H-pyrrole nitrogens is 1. The topological polar surface area (TPSA) is 37.4 Å². The van der Waals surface area contributed by atoms with Gasteiger partial charge in [0.1, 0.15) is 5.75 Å². The Labute approximate surface area is 153 Å². The zero-order valence-electron chi connectivity index (χ0n) is 14.9. The van der Waals surface area contributed by atoms with E-state index in [1.54, 1.807) is 7.11 Å². The second-order valence-electron chi connectivity index (χ2n) is 6.24. The van der Waals surface area contributed by atoms with Gasteiger partial charge in [-0.25, -0.2) is 0 Å². The molecule has 26 heavy (non-hydrogen) atoms. The molecule has 0 bridgehead atoms. The normalized spacial score (nSPS) is 11.3. The van der Waals surface area contributed by atoms with Gasteiger partial charge < -0.3 is 9.72 Å². The van der Waals surface area contributed by atoms with E-state index >= 15 is 0 Å². The third-order valence-corrected chi connectivity index (χ3v) is 4.56. The molecule has 1 aromatic heterocycles. The minimum absolute atomic E-state index is 0.835. The maximum atomic E-state index is 5.42. The first-order valence-electron chi connectivity index (χ1n) is 8.61. The lowest BCUT2D eigenvalue weighted by Crippen LogP contribution is -1.86. The zero-order chi connectivity index (χ0) is 17.9. The molecule has 0 atom stereocenters. The summed E-state index contributed by atoms with van der Waals surface area (Å²) in [5, 5.41) is 1.10. The van der Waals surface area contributed by atoms with Crippen molar-refractivity contribution in [1.29, 1.82) is 0 Å². The van der Waals surface area contributed by atoms with Gasteiger partial charge in [-0.1, -0.05) is 48.5 Å². The molecule has 3 nitrogen and oxygen atoms in total. The van der Waals surface area contributed by atoms with E-state index < -0.39 is 0 Å². The standard InChI is InChI=1S/C23H20N2O/c1-16-8-6-7-11-21(16)24-15-20-19-14-18(26-2)12-13-22(19)25-23(20)17-9-4-3-5-10-17/h3-15,25H,1-2H3. The number of ether oxygens (including phenoxy) is 1. The summed E-state index contributed by atoms with van der Waals surface area (Å²) < 4.78 is 5.42.